The summed E-state index contributed by atoms with van der Waals surface area (Å²) >= 11 is 0. The Labute approximate surface area is 118 Å². The standard InChI is InChI=1S/C12H17N5O2S/c1-4-5-17-10(3)15-16-11(17)8-20(18,19)12-13-6-9(2)7-14-12/h6-7H,4-5,8H2,1-3H3. The summed E-state index contributed by atoms with van der Waals surface area (Å²) in [4.78, 5) is 7.74. The molecule has 8 heteroatoms. The lowest BCUT2D eigenvalue weighted by Crippen LogP contribution is -2.14. The van der Waals surface area contributed by atoms with Crippen molar-refractivity contribution in [1.82, 2.24) is 24.7 Å². The first-order valence-electron chi connectivity index (χ1n) is 6.34. The molecule has 0 saturated heterocycles. The van der Waals surface area contributed by atoms with Crippen LogP contribution in [0.25, 0.3) is 0 Å². The second-order valence-electron chi connectivity index (χ2n) is 4.62. The van der Waals surface area contributed by atoms with E-state index in [4.69, 9.17) is 0 Å². The van der Waals surface area contributed by atoms with Crippen LogP contribution in [-0.2, 0) is 22.1 Å². The molecule has 2 aromatic heterocycles. The first-order valence-corrected chi connectivity index (χ1v) is 7.99. The third kappa shape index (κ3) is 3.01. The van der Waals surface area contributed by atoms with E-state index in [0.717, 1.165) is 12.0 Å². The van der Waals surface area contributed by atoms with E-state index < -0.39 is 9.84 Å². The first-order chi connectivity index (χ1) is 9.44. The molecule has 108 valence electrons. The molecule has 0 amide bonds. The summed E-state index contributed by atoms with van der Waals surface area (Å²) in [6, 6.07) is 0. The van der Waals surface area contributed by atoms with Crippen LogP contribution in [0.2, 0.25) is 0 Å². The second-order valence-corrected chi connectivity index (χ2v) is 6.50. The minimum absolute atomic E-state index is 0.174. The molecule has 0 aromatic carbocycles. The van der Waals surface area contributed by atoms with Gasteiger partial charge < -0.3 is 4.57 Å². The molecule has 0 aliphatic rings. The van der Waals surface area contributed by atoms with Gasteiger partial charge in [0, 0.05) is 18.9 Å². The van der Waals surface area contributed by atoms with E-state index >= 15 is 0 Å². The second kappa shape index (κ2) is 5.66. The largest absolute Gasteiger partial charge is 0.314 e. The van der Waals surface area contributed by atoms with E-state index in [9.17, 15) is 8.42 Å². The van der Waals surface area contributed by atoms with Crippen LogP contribution in [0.5, 0.6) is 0 Å². The molecule has 2 heterocycles. The van der Waals surface area contributed by atoms with E-state index in [1.807, 2.05) is 11.5 Å². The maximum Gasteiger partial charge on any atom is 0.247 e. The third-order valence-electron chi connectivity index (χ3n) is 2.81. The monoisotopic (exact) mass is 295 g/mol. The van der Waals surface area contributed by atoms with Gasteiger partial charge in [-0.15, -0.1) is 10.2 Å². The van der Waals surface area contributed by atoms with Crippen LogP contribution in [0.4, 0.5) is 0 Å². The average molecular weight is 295 g/mol. The van der Waals surface area contributed by atoms with E-state index in [1.165, 1.54) is 12.4 Å². The topological polar surface area (TPSA) is 90.6 Å². The van der Waals surface area contributed by atoms with Crippen LogP contribution in [0.15, 0.2) is 17.6 Å². The lowest BCUT2D eigenvalue weighted by molar-refractivity contribution is 0.577. The third-order valence-corrected chi connectivity index (χ3v) is 4.22. The number of aryl methyl sites for hydroxylation is 2. The predicted molar refractivity (Wildman–Crippen MR) is 72.7 cm³/mol. The number of sulfone groups is 1. The normalized spacial score (nSPS) is 11.8. The highest BCUT2D eigenvalue weighted by atomic mass is 32.2. The van der Waals surface area contributed by atoms with Crippen molar-refractivity contribution in [2.24, 2.45) is 0 Å². The fraction of sp³-hybridized carbons (Fsp3) is 0.500. The average Bonchev–Trinajstić information content (AvgIpc) is 2.72. The van der Waals surface area contributed by atoms with E-state index in [2.05, 4.69) is 20.2 Å². The van der Waals surface area contributed by atoms with Gasteiger partial charge in [-0.2, -0.15) is 0 Å². The summed E-state index contributed by atoms with van der Waals surface area (Å²) in [7, 11) is -3.60. The van der Waals surface area contributed by atoms with Gasteiger partial charge in [-0.3, -0.25) is 0 Å². The van der Waals surface area contributed by atoms with Crippen LogP contribution in [0, 0.1) is 13.8 Å². The number of nitrogens with zero attached hydrogens (tertiary/aromatic N) is 5. The van der Waals surface area contributed by atoms with Gasteiger partial charge >= 0.3 is 0 Å². The van der Waals surface area contributed by atoms with Crippen molar-refractivity contribution in [2.75, 3.05) is 0 Å². The molecule has 20 heavy (non-hydrogen) atoms. The number of hydrogen-bond donors (Lipinski definition) is 0. The minimum Gasteiger partial charge on any atom is -0.314 e. The van der Waals surface area contributed by atoms with Gasteiger partial charge in [0.1, 0.15) is 17.4 Å². The Bertz CT molecular complexity index is 691. The van der Waals surface area contributed by atoms with Crippen LogP contribution in [-0.4, -0.2) is 33.2 Å². The van der Waals surface area contributed by atoms with Gasteiger partial charge in [0.2, 0.25) is 15.0 Å². The molecular formula is C12H17N5O2S. The number of aromatic nitrogens is 5. The fourth-order valence-electron chi connectivity index (χ4n) is 1.82. The van der Waals surface area contributed by atoms with Crippen molar-refractivity contribution in [3.63, 3.8) is 0 Å². The lowest BCUT2D eigenvalue weighted by atomic mass is 10.4. The highest BCUT2D eigenvalue weighted by molar-refractivity contribution is 7.90. The summed E-state index contributed by atoms with van der Waals surface area (Å²) in [6.07, 6.45) is 3.86. The summed E-state index contributed by atoms with van der Waals surface area (Å²) in [5.41, 5.74) is 0.814. The highest BCUT2D eigenvalue weighted by Gasteiger charge is 2.22. The molecule has 0 aliphatic carbocycles. The van der Waals surface area contributed by atoms with E-state index in [0.29, 0.717) is 18.2 Å². The fourth-order valence-corrected chi connectivity index (χ4v) is 2.93. The van der Waals surface area contributed by atoms with Crippen molar-refractivity contribution in [3.8, 4) is 0 Å². The smallest absolute Gasteiger partial charge is 0.247 e. The summed E-state index contributed by atoms with van der Waals surface area (Å²) in [5, 5.41) is 7.70. The molecule has 0 unspecified atom stereocenters. The molecule has 0 atom stereocenters. The van der Waals surface area contributed by atoms with E-state index in [1.54, 1.807) is 13.8 Å². The molecule has 2 aromatic rings. The SMILES string of the molecule is CCCn1c(C)nnc1CS(=O)(=O)c1ncc(C)cn1. The Morgan fingerprint density at radius 2 is 1.80 bits per heavy atom. The molecule has 0 bridgehead atoms. The Hall–Kier alpha value is -1.83. The maximum atomic E-state index is 12.3. The highest BCUT2D eigenvalue weighted by Crippen LogP contribution is 2.12. The van der Waals surface area contributed by atoms with Crippen molar-refractivity contribution < 1.29 is 8.42 Å². The molecule has 0 fully saturated rings. The Balaban J connectivity index is 2.31. The van der Waals surface area contributed by atoms with Crippen molar-refractivity contribution in [2.45, 2.75) is 44.6 Å². The van der Waals surface area contributed by atoms with Crippen LogP contribution in [0.3, 0.4) is 0 Å². The molecular weight excluding hydrogens is 278 g/mol. The molecule has 0 N–H and O–H groups in total. The van der Waals surface area contributed by atoms with Gasteiger partial charge in [0.15, 0.2) is 0 Å². The zero-order chi connectivity index (χ0) is 14.8. The molecule has 0 radical (unpaired) electrons. The minimum atomic E-state index is -3.60. The quantitative estimate of drug-likeness (QED) is 0.766. The molecule has 0 spiro atoms. The van der Waals surface area contributed by atoms with Crippen LogP contribution < -0.4 is 0 Å². The van der Waals surface area contributed by atoms with Crippen molar-refractivity contribution >= 4 is 9.84 Å². The zero-order valence-corrected chi connectivity index (χ0v) is 12.6. The molecule has 0 saturated carbocycles. The van der Waals surface area contributed by atoms with Gasteiger partial charge in [-0.25, -0.2) is 18.4 Å². The van der Waals surface area contributed by atoms with Gasteiger partial charge in [-0.1, -0.05) is 6.92 Å². The summed E-state index contributed by atoms with van der Waals surface area (Å²) < 4.78 is 26.4. The maximum absolute atomic E-state index is 12.3. The van der Waals surface area contributed by atoms with Crippen molar-refractivity contribution in [1.29, 1.82) is 0 Å². The molecule has 7 nitrogen and oxygen atoms in total. The van der Waals surface area contributed by atoms with Gasteiger partial charge in [-0.05, 0) is 25.8 Å². The Kier molecular flexibility index (Phi) is 4.12. The molecule has 0 aliphatic heterocycles. The Morgan fingerprint density at radius 3 is 2.40 bits per heavy atom. The molecule has 2 rings (SSSR count). The zero-order valence-electron chi connectivity index (χ0n) is 11.7. The van der Waals surface area contributed by atoms with Crippen molar-refractivity contribution in [3.05, 3.63) is 29.6 Å². The summed E-state index contributed by atoms with van der Waals surface area (Å²) in [6.45, 7) is 6.32. The van der Waals surface area contributed by atoms with Gasteiger partial charge in [0.05, 0.1) is 0 Å². The summed E-state index contributed by atoms with van der Waals surface area (Å²) in [5.74, 6) is 0.895. The van der Waals surface area contributed by atoms with Crippen LogP contribution >= 0.6 is 0 Å². The number of rotatable bonds is 5. The lowest BCUT2D eigenvalue weighted by Gasteiger charge is -2.07. The van der Waals surface area contributed by atoms with E-state index in [-0.39, 0.29) is 10.9 Å². The predicted octanol–water partition coefficient (Wildman–Crippen LogP) is 1.07. The van der Waals surface area contributed by atoms with Crippen LogP contribution in [0.1, 0.15) is 30.6 Å². The number of hydrogen-bond acceptors (Lipinski definition) is 6. The Morgan fingerprint density at radius 1 is 1.15 bits per heavy atom. The van der Waals surface area contributed by atoms with Gasteiger partial charge in [0.25, 0.3) is 0 Å². The first kappa shape index (κ1) is 14.6.